The molecular weight excluding hydrogens is 354 g/mol. The first-order valence-electron chi connectivity index (χ1n) is 8.88. The predicted octanol–water partition coefficient (Wildman–Crippen LogP) is 4.08. The summed E-state index contributed by atoms with van der Waals surface area (Å²) in [6, 6.07) is 17.1. The molecule has 144 valence electrons. The Morgan fingerprint density at radius 3 is 2.54 bits per heavy atom. The van der Waals surface area contributed by atoms with Crippen molar-refractivity contribution in [2.45, 2.75) is 13.5 Å². The molecule has 6 heteroatoms. The lowest BCUT2D eigenvalue weighted by atomic mass is 10.2. The van der Waals surface area contributed by atoms with Crippen molar-refractivity contribution in [1.82, 2.24) is 10.3 Å². The van der Waals surface area contributed by atoms with Crippen LogP contribution in [0.2, 0.25) is 0 Å². The molecule has 3 aromatic rings. The number of amides is 1. The van der Waals surface area contributed by atoms with Crippen molar-refractivity contribution in [3.8, 4) is 11.5 Å². The first kappa shape index (κ1) is 19.2. The summed E-state index contributed by atoms with van der Waals surface area (Å²) in [7, 11) is 3.17. The number of para-hydroxylation sites is 1. The third kappa shape index (κ3) is 4.59. The van der Waals surface area contributed by atoms with Crippen LogP contribution in [0.4, 0.5) is 11.4 Å². The molecule has 0 atom stereocenters. The van der Waals surface area contributed by atoms with Gasteiger partial charge in [0.1, 0.15) is 5.69 Å². The minimum atomic E-state index is -0.247. The van der Waals surface area contributed by atoms with Gasteiger partial charge in [-0.2, -0.15) is 0 Å². The fourth-order valence-corrected chi connectivity index (χ4v) is 2.76. The largest absolute Gasteiger partial charge is 0.493 e. The van der Waals surface area contributed by atoms with E-state index in [9.17, 15) is 4.79 Å². The van der Waals surface area contributed by atoms with E-state index in [-0.39, 0.29) is 5.91 Å². The van der Waals surface area contributed by atoms with E-state index in [0.717, 1.165) is 22.5 Å². The van der Waals surface area contributed by atoms with E-state index in [1.54, 1.807) is 26.5 Å². The summed E-state index contributed by atoms with van der Waals surface area (Å²) in [5.74, 6) is 1.02. The topological polar surface area (TPSA) is 72.5 Å². The summed E-state index contributed by atoms with van der Waals surface area (Å²) in [6.07, 6.45) is 1.62. The summed E-state index contributed by atoms with van der Waals surface area (Å²) in [4.78, 5) is 16.7. The van der Waals surface area contributed by atoms with E-state index in [1.165, 1.54) is 0 Å². The van der Waals surface area contributed by atoms with Gasteiger partial charge in [-0.05, 0) is 48.4 Å². The van der Waals surface area contributed by atoms with Crippen LogP contribution in [0, 0.1) is 6.92 Å². The average Bonchev–Trinajstić information content (AvgIpc) is 2.73. The van der Waals surface area contributed by atoms with E-state index < -0.39 is 0 Å². The summed E-state index contributed by atoms with van der Waals surface area (Å²) in [5, 5.41) is 6.20. The number of hydrogen-bond acceptors (Lipinski definition) is 5. The molecule has 0 radical (unpaired) electrons. The molecule has 1 amide bonds. The van der Waals surface area contributed by atoms with Crippen LogP contribution in [0.3, 0.4) is 0 Å². The maximum atomic E-state index is 12.5. The molecule has 0 bridgehead atoms. The van der Waals surface area contributed by atoms with E-state index in [4.69, 9.17) is 9.47 Å². The van der Waals surface area contributed by atoms with Gasteiger partial charge >= 0.3 is 0 Å². The molecule has 3 rings (SSSR count). The van der Waals surface area contributed by atoms with Gasteiger partial charge in [0.05, 0.1) is 14.2 Å². The van der Waals surface area contributed by atoms with Crippen molar-refractivity contribution in [1.29, 1.82) is 0 Å². The average molecular weight is 377 g/mol. The molecule has 0 saturated heterocycles. The second kappa shape index (κ2) is 8.90. The summed E-state index contributed by atoms with van der Waals surface area (Å²) < 4.78 is 10.5. The first-order chi connectivity index (χ1) is 13.6. The van der Waals surface area contributed by atoms with Crippen LogP contribution in [-0.2, 0) is 6.54 Å². The molecule has 0 saturated carbocycles. The number of carbonyl (C=O) groups excluding carboxylic acids is 1. The molecule has 0 aliphatic carbocycles. The molecule has 0 fully saturated rings. The Labute approximate surface area is 164 Å². The standard InChI is InChI=1S/C22H23N3O3/c1-15-6-4-5-7-18(15)25-17-10-11-23-19(13-17)22(26)24-14-16-8-9-20(27-2)21(12-16)28-3/h4-13H,14H2,1-3H3,(H,23,25)(H,24,26). The van der Waals surface area contributed by atoms with E-state index in [0.29, 0.717) is 23.7 Å². The van der Waals surface area contributed by atoms with E-state index in [2.05, 4.69) is 15.6 Å². The smallest absolute Gasteiger partial charge is 0.270 e. The number of nitrogens with zero attached hydrogens (tertiary/aromatic N) is 1. The molecule has 1 aromatic heterocycles. The van der Waals surface area contributed by atoms with Crippen LogP contribution in [0.1, 0.15) is 21.6 Å². The van der Waals surface area contributed by atoms with Crippen LogP contribution < -0.4 is 20.1 Å². The molecule has 28 heavy (non-hydrogen) atoms. The van der Waals surface area contributed by atoms with Crippen molar-refractivity contribution in [3.05, 3.63) is 77.6 Å². The quantitative estimate of drug-likeness (QED) is 0.649. The van der Waals surface area contributed by atoms with Crippen LogP contribution in [0.25, 0.3) is 0 Å². The fourth-order valence-electron chi connectivity index (χ4n) is 2.76. The highest BCUT2D eigenvalue weighted by molar-refractivity contribution is 5.93. The molecule has 0 aliphatic rings. The number of anilines is 2. The summed E-state index contributed by atoms with van der Waals surface area (Å²) in [5.41, 5.74) is 4.17. The second-order valence-corrected chi connectivity index (χ2v) is 6.24. The van der Waals surface area contributed by atoms with E-state index in [1.807, 2.05) is 55.5 Å². The van der Waals surface area contributed by atoms with Gasteiger partial charge in [-0.25, -0.2) is 0 Å². The van der Waals surface area contributed by atoms with Crippen LogP contribution in [0.5, 0.6) is 11.5 Å². The molecule has 0 unspecified atom stereocenters. The number of aryl methyl sites for hydroxylation is 1. The van der Waals surface area contributed by atoms with Crippen molar-refractivity contribution in [3.63, 3.8) is 0 Å². The highest BCUT2D eigenvalue weighted by Gasteiger charge is 2.10. The van der Waals surface area contributed by atoms with Gasteiger partial charge in [0.2, 0.25) is 0 Å². The molecule has 0 aliphatic heterocycles. The minimum Gasteiger partial charge on any atom is -0.493 e. The predicted molar refractivity (Wildman–Crippen MR) is 109 cm³/mol. The monoisotopic (exact) mass is 377 g/mol. The number of pyridine rings is 1. The number of methoxy groups -OCH3 is 2. The Hall–Kier alpha value is -3.54. The highest BCUT2D eigenvalue weighted by atomic mass is 16.5. The summed E-state index contributed by atoms with van der Waals surface area (Å²) in [6.45, 7) is 2.39. The zero-order chi connectivity index (χ0) is 19.9. The highest BCUT2D eigenvalue weighted by Crippen LogP contribution is 2.27. The Balaban J connectivity index is 1.67. The Kier molecular flexibility index (Phi) is 6.11. The zero-order valence-corrected chi connectivity index (χ0v) is 16.2. The number of aromatic nitrogens is 1. The zero-order valence-electron chi connectivity index (χ0n) is 16.2. The molecule has 2 N–H and O–H groups in total. The summed E-state index contributed by atoms with van der Waals surface area (Å²) >= 11 is 0. The maximum absolute atomic E-state index is 12.5. The molecule has 1 heterocycles. The Morgan fingerprint density at radius 2 is 1.79 bits per heavy atom. The number of hydrogen-bond donors (Lipinski definition) is 2. The van der Waals surface area contributed by atoms with Crippen LogP contribution in [-0.4, -0.2) is 25.1 Å². The molecule has 6 nitrogen and oxygen atoms in total. The van der Waals surface area contributed by atoms with E-state index >= 15 is 0 Å². The second-order valence-electron chi connectivity index (χ2n) is 6.24. The third-order valence-corrected chi connectivity index (χ3v) is 4.32. The fraction of sp³-hybridized carbons (Fsp3) is 0.182. The van der Waals surface area contributed by atoms with Crippen molar-refractivity contribution < 1.29 is 14.3 Å². The number of nitrogens with one attached hydrogen (secondary N) is 2. The van der Waals surface area contributed by atoms with Gasteiger partial charge in [0.15, 0.2) is 11.5 Å². The van der Waals surface area contributed by atoms with Crippen molar-refractivity contribution >= 4 is 17.3 Å². The lowest BCUT2D eigenvalue weighted by Crippen LogP contribution is -2.23. The van der Waals surface area contributed by atoms with Crippen molar-refractivity contribution in [2.24, 2.45) is 0 Å². The van der Waals surface area contributed by atoms with Gasteiger partial charge in [-0.3, -0.25) is 9.78 Å². The maximum Gasteiger partial charge on any atom is 0.270 e. The number of benzene rings is 2. The Bertz CT molecular complexity index is 973. The Morgan fingerprint density at radius 1 is 1.00 bits per heavy atom. The lowest BCUT2D eigenvalue weighted by molar-refractivity contribution is 0.0946. The van der Waals surface area contributed by atoms with Gasteiger partial charge < -0.3 is 20.1 Å². The lowest BCUT2D eigenvalue weighted by Gasteiger charge is -2.11. The molecular formula is C22H23N3O3. The van der Waals surface area contributed by atoms with Crippen LogP contribution >= 0.6 is 0 Å². The molecule has 0 spiro atoms. The van der Waals surface area contributed by atoms with Gasteiger partial charge in [0, 0.05) is 24.1 Å². The van der Waals surface area contributed by atoms with Gasteiger partial charge in [-0.15, -0.1) is 0 Å². The van der Waals surface area contributed by atoms with Crippen molar-refractivity contribution in [2.75, 3.05) is 19.5 Å². The van der Waals surface area contributed by atoms with Gasteiger partial charge in [0.25, 0.3) is 5.91 Å². The third-order valence-electron chi connectivity index (χ3n) is 4.32. The normalized spacial score (nSPS) is 10.2. The first-order valence-corrected chi connectivity index (χ1v) is 8.88. The SMILES string of the molecule is COc1ccc(CNC(=O)c2cc(Nc3ccccc3C)ccn2)cc1OC. The minimum absolute atomic E-state index is 0.247. The number of ether oxygens (including phenoxy) is 2. The number of carbonyl (C=O) groups is 1. The van der Waals surface area contributed by atoms with Gasteiger partial charge in [-0.1, -0.05) is 24.3 Å². The molecule has 2 aromatic carbocycles. The van der Waals surface area contributed by atoms with Crippen LogP contribution in [0.15, 0.2) is 60.8 Å². The number of rotatable bonds is 7.